The Balaban J connectivity index is 1.40. The second-order valence-electron chi connectivity index (χ2n) is 9.94. The molecule has 0 saturated heterocycles. The molecule has 1 saturated carbocycles. The van der Waals surface area contributed by atoms with Crippen molar-refractivity contribution in [2.24, 2.45) is 0 Å². The molecule has 36 heavy (non-hydrogen) atoms. The van der Waals surface area contributed by atoms with Gasteiger partial charge in [0.1, 0.15) is 6.04 Å². The lowest BCUT2D eigenvalue weighted by Gasteiger charge is -2.31. The lowest BCUT2D eigenvalue weighted by Crippen LogP contribution is -2.50. The van der Waals surface area contributed by atoms with E-state index in [1.165, 1.54) is 11.3 Å². The van der Waals surface area contributed by atoms with Gasteiger partial charge in [-0.15, -0.1) is 0 Å². The van der Waals surface area contributed by atoms with Gasteiger partial charge in [0, 0.05) is 25.6 Å². The molecule has 0 bridgehead atoms. The predicted molar refractivity (Wildman–Crippen MR) is 137 cm³/mol. The summed E-state index contributed by atoms with van der Waals surface area (Å²) in [6, 6.07) is 14.2. The van der Waals surface area contributed by atoms with Crippen molar-refractivity contribution in [3.63, 3.8) is 0 Å². The third kappa shape index (κ3) is 5.83. The molecule has 1 fully saturated rings. The molecule has 2 aromatic rings. The maximum atomic E-state index is 13.4. The van der Waals surface area contributed by atoms with Crippen molar-refractivity contribution in [2.45, 2.75) is 77.4 Å². The molecule has 1 aliphatic carbocycles. The van der Waals surface area contributed by atoms with E-state index in [-0.39, 0.29) is 42.6 Å². The van der Waals surface area contributed by atoms with Crippen molar-refractivity contribution in [3.8, 4) is 0 Å². The summed E-state index contributed by atoms with van der Waals surface area (Å²) < 4.78 is 0. The zero-order valence-corrected chi connectivity index (χ0v) is 21.2. The molecule has 0 spiro atoms. The minimum Gasteiger partial charge on any atom is -0.352 e. The zero-order valence-electron chi connectivity index (χ0n) is 21.2. The Labute approximate surface area is 212 Å². The normalized spacial score (nSPS) is 16.6. The van der Waals surface area contributed by atoms with Crippen molar-refractivity contribution in [1.29, 1.82) is 0 Å². The summed E-state index contributed by atoms with van der Waals surface area (Å²) in [5.74, 6) is -0.944. The lowest BCUT2D eigenvalue weighted by atomic mass is 9.95. The number of hydrogen-bond donors (Lipinski definition) is 1. The van der Waals surface area contributed by atoms with E-state index < -0.39 is 6.04 Å². The van der Waals surface area contributed by atoms with Crippen LogP contribution in [-0.4, -0.2) is 52.1 Å². The van der Waals surface area contributed by atoms with Gasteiger partial charge in [0.05, 0.1) is 11.1 Å². The van der Waals surface area contributed by atoms with E-state index in [0.29, 0.717) is 24.1 Å². The molecule has 2 aliphatic rings. The van der Waals surface area contributed by atoms with Crippen LogP contribution in [0.3, 0.4) is 0 Å². The highest BCUT2D eigenvalue weighted by Gasteiger charge is 2.35. The first-order chi connectivity index (χ1) is 17.3. The number of carbonyl (C=O) groups is 4. The Kier molecular flexibility index (Phi) is 8.18. The Hall–Kier alpha value is -3.48. The summed E-state index contributed by atoms with van der Waals surface area (Å²) >= 11 is 0. The second kappa shape index (κ2) is 11.5. The molecule has 4 rings (SSSR count). The first-order valence-electron chi connectivity index (χ1n) is 13.0. The minimum atomic E-state index is -0.625. The number of amides is 4. The van der Waals surface area contributed by atoms with Gasteiger partial charge >= 0.3 is 0 Å². The molecule has 1 heterocycles. The van der Waals surface area contributed by atoms with E-state index in [9.17, 15) is 19.2 Å². The predicted octanol–water partition coefficient (Wildman–Crippen LogP) is 4.24. The topological polar surface area (TPSA) is 86.8 Å². The van der Waals surface area contributed by atoms with Crippen molar-refractivity contribution in [2.75, 3.05) is 6.54 Å². The summed E-state index contributed by atoms with van der Waals surface area (Å²) in [6.07, 6.45) is 5.86. The van der Waals surface area contributed by atoms with Gasteiger partial charge in [0.25, 0.3) is 11.8 Å². The van der Waals surface area contributed by atoms with Crippen LogP contribution in [0.25, 0.3) is 0 Å². The van der Waals surface area contributed by atoms with Crippen molar-refractivity contribution >= 4 is 23.6 Å². The van der Waals surface area contributed by atoms with E-state index in [0.717, 1.165) is 36.8 Å². The molecule has 7 nitrogen and oxygen atoms in total. The van der Waals surface area contributed by atoms with Gasteiger partial charge in [0.2, 0.25) is 11.8 Å². The average Bonchev–Trinajstić information content (AvgIpc) is 3.13. The molecule has 1 atom stereocenters. The van der Waals surface area contributed by atoms with Crippen LogP contribution < -0.4 is 5.32 Å². The number of fused-ring (bicyclic) bond motifs is 1. The fraction of sp³-hybridized carbons (Fsp3) is 0.448. The van der Waals surface area contributed by atoms with Crippen LogP contribution in [0.2, 0.25) is 0 Å². The highest BCUT2D eigenvalue weighted by atomic mass is 16.2. The molecule has 0 unspecified atom stereocenters. The van der Waals surface area contributed by atoms with E-state index >= 15 is 0 Å². The van der Waals surface area contributed by atoms with Crippen molar-refractivity contribution in [3.05, 3.63) is 70.8 Å². The largest absolute Gasteiger partial charge is 0.352 e. The highest BCUT2D eigenvalue weighted by Crippen LogP contribution is 2.23. The van der Waals surface area contributed by atoms with Crippen molar-refractivity contribution < 1.29 is 19.2 Å². The molecular weight excluding hydrogens is 454 g/mol. The number of benzene rings is 2. The zero-order chi connectivity index (χ0) is 25.7. The van der Waals surface area contributed by atoms with Crippen LogP contribution in [0.4, 0.5) is 0 Å². The van der Waals surface area contributed by atoms with Gasteiger partial charge in [-0.2, -0.15) is 0 Å². The van der Waals surface area contributed by atoms with Crippen LogP contribution in [0.1, 0.15) is 83.7 Å². The lowest BCUT2D eigenvalue weighted by molar-refractivity contribution is -0.141. The fourth-order valence-electron chi connectivity index (χ4n) is 5.02. The van der Waals surface area contributed by atoms with Crippen LogP contribution in [0, 0.1) is 6.92 Å². The quantitative estimate of drug-likeness (QED) is 0.534. The van der Waals surface area contributed by atoms with Gasteiger partial charge < -0.3 is 10.2 Å². The maximum Gasteiger partial charge on any atom is 0.261 e. The molecular formula is C29H35N3O4. The summed E-state index contributed by atoms with van der Waals surface area (Å²) in [5, 5.41) is 3.14. The standard InChI is InChI=1S/C29H35N3O4/c1-20-14-16-22(17-15-20)19-32(21(2)27(34)30-23-9-4-3-5-10-23)26(33)13-8-18-31-28(35)24-11-6-7-12-25(24)29(31)36/h6-7,11-12,14-17,21,23H,3-5,8-10,13,18-19H2,1-2H3,(H,30,34)/t21-/m0/s1. The van der Waals surface area contributed by atoms with Gasteiger partial charge in [0.15, 0.2) is 0 Å². The molecule has 7 heteroatoms. The van der Waals surface area contributed by atoms with E-state index in [1.54, 1.807) is 36.1 Å². The Morgan fingerprint density at radius 2 is 1.58 bits per heavy atom. The van der Waals surface area contributed by atoms with E-state index in [1.807, 2.05) is 31.2 Å². The van der Waals surface area contributed by atoms with Crippen LogP contribution in [0.15, 0.2) is 48.5 Å². The molecule has 2 aromatic carbocycles. The molecule has 4 amide bonds. The monoisotopic (exact) mass is 489 g/mol. The number of aryl methyl sites for hydroxylation is 1. The average molecular weight is 490 g/mol. The molecule has 1 aliphatic heterocycles. The maximum absolute atomic E-state index is 13.4. The van der Waals surface area contributed by atoms with Gasteiger partial charge in [-0.1, -0.05) is 61.2 Å². The summed E-state index contributed by atoms with van der Waals surface area (Å²) in [5.41, 5.74) is 2.89. The summed E-state index contributed by atoms with van der Waals surface area (Å²) in [6.45, 7) is 4.27. The highest BCUT2D eigenvalue weighted by molar-refractivity contribution is 6.21. The number of nitrogens with one attached hydrogen (secondary N) is 1. The number of nitrogens with zero attached hydrogens (tertiary/aromatic N) is 2. The first kappa shape index (κ1) is 25.6. The van der Waals surface area contributed by atoms with Crippen LogP contribution >= 0.6 is 0 Å². The van der Waals surface area contributed by atoms with Crippen LogP contribution in [-0.2, 0) is 16.1 Å². The Morgan fingerprint density at radius 1 is 0.972 bits per heavy atom. The number of carbonyl (C=O) groups excluding carboxylic acids is 4. The van der Waals surface area contributed by atoms with Gasteiger partial charge in [-0.3, -0.25) is 24.1 Å². The molecule has 1 N–H and O–H groups in total. The Bertz CT molecular complexity index is 1090. The smallest absolute Gasteiger partial charge is 0.261 e. The number of imide groups is 1. The van der Waals surface area contributed by atoms with Gasteiger partial charge in [-0.05, 0) is 50.8 Å². The Morgan fingerprint density at radius 3 is 2.19 bits per heavy atom. The van der Waals surface area contributed by atoms with Crippen LogP contribution in [0.5, 0.6) is 0 Å². The number of rotatable bonds is 9. The van der Waals surface area contributed by atoms with E-state index in [4.69, 9.17) is 0 Å². The third-order valence-electron chi connectivity index (χ3n) is 7.24. The fourth-order valence-corrected chi connectivity index (χ4v) is 5.02. The van der Waals surface area contributed by atoms with Gasteiger partial charge in [-0.25, -0.2) is 0 Å². The SMILES string of the molecule is Cc1ccc(CN(C(=O)CCCN2C(=O)c3ccccc3C2=O)[C@@H](C)C(=O)NC2CCCCC2)cc1. The second-order valence-corrected chi connectivity index (χ2v) is 9.94. The minimum absolute atomic E-state index is 0.136. The van der Waals surface area contributed by atoms with Crippen molar-refractivity contribution in [1.82, 2.24) is 15.1 Å². The summed E-state index contributed by atoms with van der Waals surface area (Å²) in [4.78, 5) is 54.5. The molecule has 0 radical (unpaired) electrons. The first-order valence-corrected chi connectivity index (χ1v) is 13.0. The molecule has 0 aromatic heterocycles. The summed E-state index contributed by atoms with van der Waals surface area (Å²) in [7, 11) is 0. The third-order valence-corrected chi connectivity index (χ3v) is 7.24. The molecule has 190 valence electrons. The van der Waals surface area contributed by atoms with E-state index in [2.05, 4.69) is 5.32 Å². The number of hydrogen-bond acceptors (Lipinski definition) is 4.